The largest absolute Gasteiger partial charge is 0.374 e. The van der Waals surface area contributed by atoms with Gasteiger partial charge in [0.1, 0.15) is 0 Å². The van der Waals surface area contributed by atoms with Crippen LogP contribution in [0, 0.1) is 41.4 Å². The first-order chi connectivity index (χ1) is 16.0. The maximum absolute atomic E-state index is 7.08. The fourth-order valence-electron chi connectivity index (χ4n) is 8.90. The molecule has 0 radical (unpaired) electrons. The summed E-state index contributed by atoms with van der Waals surface area (Å²) in [7, 11) is -1.06. The highest BCUT2D eigenvalue weighted by molar-refractivity contribution is 6.78. The van der Waals surface area contributed by atoms with Gasteiger partial charge in [0.2, 0.25) is 0 Å². The molecule has 6 aliphatic rings. The van der Waals surface area contributed by atoms with Crippen molar-refractivity contribution in [3.05, 3.63) is 48.1 Å². The van der Waals surface area contributed by atoms with E-state index in [0.29, 0.717) is 24.0 Å². The van der Waals surface area contributed by atoms with E-state index in [-0.39, 0.29) is 0 Å². The van der Waals surface area contributed by atoms with Crippen molar-refractivity contribution in [1.82, 2.24) is 0 Å². The van der Waals surface area contributed by atoms with E-state index in [1.54, 1.807) is 5.57 Å². The number of fused-ring (bicyclic) bond motifs is 4. The Morgan fingerprint density at radius 1 is 0.758 bits per heavy atom. The molecule has 1 nitrogen and oxygen atoms in total. The predicted octanol–water partition coefficient (Wildman–Crippen LogP) is 8.34. The molecule has 1 saturated heterocycles. The van der Waals surface area contributed by atoms with Crippen molar-refractivity contribution < 1.29 is 4.74 Å². The van der Waals surface area contributed by atoms with Crippen LogP contribution >= 0.6 is 0 Å². The Hall–Kier alpha value is -0.863. The van der Waals surface area contributed by atoms with E-state index in [0.717, 1.165) is 35.1 Å². The van der Waals surface area contributed by atoms with Gasteiger partial charge >= 0.3 is 0 Å². The van der Waals surface area contributed by atoms with Crippen LogP contribution in [0.1, 0.15) is 64.2 Å². The second-order valence-electron chi connectivity index (χ2n) is 13.4. The Labute approximate surface area is 203 Å². The first-order valence-corrected chi connectivity index (χ1v) is 18.0. The molecule has 2 saturated carbocycles. The zero-order chi connectivity index (χ0) is 22.6. The average Bonchev–Trinajstić information content (AvgIpc) is 3.22. The lowest BCUT2D eigenvalue weighted by molar-refractivity contribution is -0.0235. The van der Waals surface area contributed by atoms with Crippen LogP contribution in [0.5, 0.6) is 0 Å². The molecule has 0 aromatic heterocycles. The molecule has 1 aliphatic heterocycles. The molecule has 0 N–H and O–H groups in total. The van der Waals surface area contributed by atoms with Gasteiger partial charge in [0.05, 0.1) is 20.3 Å². The van der Waals surface area contributed by atoms with Crippen LogP contribution < -0.4 is 0 Å². The highest BCUT2D eigenvalue weighted by Crippen LogP contribution is 2.56. The SMILES string of the molecule is C[Si](C)(C)C1C=CC(C2CCCC3OC4C(C5=CC6C=CC=CC6CC5)CCCC4C32)CC1. The minimum absolute atomic E-state index is 0.516. The lowest BCUT2D eigenvalue weighted by atomic mass is 9.60. The maximum atomic E-state index is 7.08. The molecule has 10 atom stereocenters. The van der Waals surface area contributed by atoms with E-state index in [1.807, 2.05) is 0 Å². The lowest BCUT2D eigenvalue weighted by Gasteiger charge is -2.43. The third-order valence-corrected chi connectivity index (χ3v) is 13.4. The molecule has 3 fully saturated rings. The van der Waals surface area contributed by atoms with Crippen LogP contribution in [0.3, 0.4) is 0 Å². The summed E-state index contributed by atoms with van der Waals surface area (Å²) < 4.78 is 7.08. The zero-order valence-corrected chi connectivity index (χ0v) is 22.3. The molecule has 10 unspecified atom stereocenters. The van der Waals surface area contributed by atoms with Gasteiger partial charge in [0.25, 0.3) is 0 Å². The zero-order valence-electron chi connectivity index (χ0n) is 21.3. The number of hydrogen-bond donors (Lipinski definition) is 0. The monoisotopic (exact) mass is 462 g/mol. The molecule has 1 heterocycles. The minimum Gasteiger partial charge on any atom is -0.374 e. The molecular formula is C31H46OSi. The van der Waals surface area contributed by atoms with Crippen LogP contribution in [-0.2, 0) is 4.74 Å². The van der Waals surface area contributed by atoms with Crippen molar-refractivity contribution in [3.8, 4) is 0 Å². The second-order valence-corrected chi connectivity index (χ2v) is 18.9. The summed E-state index contributed by atoms with van der Waals surface area (Å²) in [4.78, 5) is 0. The third-order valence-electron chi connectivity index (χ3n) is 10.7. The van der Waals surface area contributed by atoms with Crippen LogP contribution in [0.25, 0.3) is 0 Å². The van der Waals surface area contributed by atoms with Crippen LogP contribution in [0.15, 0.2) is 48.1 Å². The van der Waals surface area contributed by atoms with E-state index in [1.165, 1.54) is 64.2 Å². The van der Waals surface area contributed by atoms with Gasteiger partial charge in [-0.05, 0) is 86.5 Å². The lowest BCUT2D eigenvalue weighted by Crippen LogP contribution is -2.40. The smallest absolute Gasteiger partial charge is 0.0676 e. The molecule has 33 heavy (non-hydrogen) atoms. The van der Waals surface area contributed by atoms with Gasteiger partial charge < -0.3 is 4.74 Å². The molecule has 0 bridgehead atoms. The fraction of sp³-hybridized carbons (Fsp3) is 0.742. The Bertz CT molecular complexity index is 843. The van der Waals surface area contributed by atoms with E-state index < -0.39 is 8.07 Å². The van der Waals surface area contributed by atoms with Gasteiger partial charge in [-0.25, -0.2) is 0 Å². The van der Waals surface area contributed by atoms with Gasteiger partial charge in [-0.15, -0.1) is 0 Å². The normalized spacial score (nSPS) is 46.9. The third kappa shape index (κ3) is 4.22. The summed E-state index contributed by atoms with van der Waals surface area (Å²) >= 11 is 0. The average molecular weight is 463 g/mol. The van der Waals surface area contributed by atoms with Crippen molar-refractivity contribution in [2.24, 2.45) is 41.4 Å². The number of rotatable bonds is 3. The van der Waals surface area contributed by atoms with E-state index >= 15 is 0 Å². The summed E-state index contributed by atoms with van der Waals surface area (Å²) in [6, 6.07) is 0. The molecule has 0 spiro atoms. The molecule has 180 valence electrons. The maximum Gasteiger partial charge on any atom is 0.0676 e. The first kappa shape index (κ1) is 22.6. The standard InChI is InChI=1S/C31H46OSi/c1-33(2,3)25-18-16-22(17-19-25)26-10-7-13-29-30(26)28-12-6-11-27(31(28)32-29)24-15-14-21-8-4-5-9-23(21)20-24/h4-5,8-9,16,18,20-23,25-31H,6-7,10-15,17,19H2,1-3H3. The van der Waals surface area contributed by atoms with E-state index in [4.69, 9.17) is 4.74 Å². The van der Waals surface area contributed by atoms with Crippen molar-refractivity contribution in [1.29, 1.82) is 0 Å². The highest BCUT2D eigenvalue weighted by Gasteiger charge is 2.54. The second kappa shape index (κ2) is 8.97. The van der Waals surface area contributed by atoms with Gasteiger partial charge in [-0.1, -0.05) is 80.6 Å². The number of ether oxygens (including phenoxy) is 1. The molecular weight excluding hydrogens is 416 g/mol. The molecule has 0 aromatic rings. The topological polar surface area (TPSA) is 9.23 Å². The summed E-state index contributed by atoms with van der Waals surface area (Å²) in [5.41, 5.74) is 2.65. The van der Waals surface area contributed by atoms with Gasteiger partial charge in [-0.2, -0.15) is 0 Å². The first-order valence-electron chi connectivity index (χ1n) is 14.4. The van der Waals surface area contributed by atoms with Crippen molar-refractivity contribution in [3.63, 3.8) is 0 Å². The summed E-state index contributed by atoms with van der Waals surface area (Å²) in [6.07, 6.45) is 32.4. The Morgan fingerprint density at radius 3 is 2.39 bits per heavy atom. The van der Waals surface area contributed by atoms with Crippen LogP contribution in [0.4, 0.5) is 0 Å². The van der Waals surface area contributed by atoms with E-state index in [9.17, 15) is 0 Å². The number of allylic oxidation sites excluding steroid dienone is 7. The molecule has 0 amide bonds. The van der Waals surface area contributed by atoms with Gasteiger partial charge in [0, 0.05) is 11.8 Å². The van der Waals surface area contributed by atoms with Crippen molar-refractivity contribution in [2.75, 3.05) is 0 Å². The van der Waals surface area contributed by atoms with Crippen LogP contribution in [-0.4, -0.2) is 20.3 Å². The van der Waals surface area contributed by atoms with Crippen LogP contribution in [0.2, 0.25) is 25.2 Å². The van der Waals surface area contributed by atoms with Crippen molar-refractivity contribution >= 4 is 8.07 Å². The summed E-state index contributed by atoms with van der Waals surface area (Å²) in [5, 5.41) is 0. The molecule has 6 rings (SSSR count). The Balaban J connectivity index is 1.21. The Morgan fingerprint density at radius 2 is 1.58 bits per heavy atom. The van der Waals surface area contributed by atoms with Gasteiger partial charge in [-0.3, -0.25) is 0 Å². The molecule has 0 aromatic carbocycles. The highest BCUT2D eigenvalue weighted by atomic mass is 28.3. The fourth-order valence-corrected chi connectivity index (χ4v) is 10.6. The minimum atomic E-state index is -1.06. The van der Waals surface area contributed by atoms with E-state index in [2.05, 4.69) is 62.2 Å². The quantitative estimate of drug-likeness (QED) is 0.302. The number of hydrogen-bond acceptors (Lipinski definition) is 1. The summed E-state index contributed by atoms with van der Waals surface area (Å²) in [5.74, 6) is 5.44. The molecule has 5 aliphatic carbocycles. The van der Waals surface area contributed by atoms with Gasteiger partial charge in [0.15, 0.2) is 0 Å². The van der Waals surface area contributed by atoms with Crippen molar-refractivity contribution in [2.45, 2.75) is 102 Å². The molecule has 2 heteroatoms. The Kier molecular flexibility index (Phi) is 6.14. The summed E-state index contributed by atoms with van der Waals surface area (Å²) in [6.45, 7) is 7.66. The predicted molar refractivity (Wildman–Crippen MR) is 142 cm³/mol.